The molecule has 4 N–H and O–H groups in total. The van der Waals surface area contributed by atoms with Crippen LogP contribution in [0.5, 0.6) is 11.5 Å². The lowest BCUT2D eigenvalue weighted by atomic mass is 9.86. The fourth-order valence-electron chi connectivity index (χ4n) is 8.97. The minimum absolute atomic E-state index is 0.0210. The van der Waals surface area contributed by atoms with Crippen LogP contribution < -0.4 is 25.4 Å². The Balaban J connectivity index is 1.20. The second kappa shape index (κ2) is 18.9. The molecule has 4 aliphatic rings. The molecule has 3 amide bonds. The quantitative estimate of drug-likeness (QED) is 0.142. The van der Waals surface area contributed by atoms with E-state index in [4.69, 9.17) is 24.2 Å². The van der Waals surface area contributed by atoms with Gasteiger partial charge in [-0.1, -0.05) is 31.4 Å². The Bertz CT molecular complexity index is 2370. The van der Waals surface area contributed by atoms with Crippen molar-refractivity contribution < 1.29 is 46.9 Å². The highest BCUT2D eigenvalue weighted by Crippen LogP contribution is 2.46. The maximum absolute atomic E-state index is 14.9. The van der Waals surface area contributed by atoms with E-state index in [1.807, 2.05) is 37.4 Å². The molecule has 5 atom stereocenters. The number of aromatic nitrogens is 2. The Morgan fingerprint density at radius 2 is 1.80 bits per heavy atom. The molecule has 2 aliphatic carbocycles. The molecule has 18 heteroatoms. The molecule has 7 rings (SSSR count). The van der Waals surface area contributed by atoms with Gasteiger partial charge in [0.15, 0.2) is 15.0 Å². The van der Waals surface area contributed by atoms with Crippen LogP contribution in [0.25, 0.3) is 22.3 Å². The SMILES string of the molecule is COc1ccc2c(O[C@@H]3CC4C(=O)N[C@]5(C(=O)O)CC5/C=C\CCCCC[C@H](NC(=O)OC5(CS(=O)(=O)C(C)(C)C)CCCCC5)C(=O)N4C3)cc(-c3csc(NC(C)C)n3)nc2c1. The summed E-state index contributed by atoms with van der Waals surface area (Å²) in [5.41, 5.74) is -1.04. The van der Waals surface area contributed by atoms with Gasteiger partial charge in [0.25, 0.3) is 0 Å². The number of aliphatic carboxylic acids is 1. The molecule has 3 aromatic rings. The zero-order valence-electron chi connectivity index (χ0n) is 37.6. The summed E-state index contributed by atoms with van der Waals surface area (Å²) in [6, 6.07) is 5.07. The highest BCUT2D eigenvalue weighted by molar-refractivity contribution is 7.92. The summed E-state index contributed by atoms with van der Waals surface area (Å²) in [5, 5.41) is 22.6. The number of fused-ring (bicyclic) bond motifs is 3. The van der Waals surface area contributed by atoms with E-state index in [1.54, 1.807) is 46.1 Å². The Kier molecular flexibility index (Phi) is 13.9. The van der Waals surface area contributed by atoms with Crippen LogP contribution in [0.3, 0.4) is 0 Å². The van der Waals surface area contributed by atoms with Crippen molar-refractivity contribution in [3.05, 3.63) is 41.8 Å². The fraction of sp³-hybridized carbons (Fsp3) is 0.609. The molecule has 0 spiro atoms. The fourth-order valence-corrected chi connectivity index (χ4v) is 11.3. The number of carboxylic acid groups (broad SMARTS) is 1. The monoisotopic (exact) mass is 922 g/mol. The third kappa shape index (κ3) is 10.4. The van der Waals surface area contributed by atoms with Crippen LogP contribution in [0.15, 0.2) is 41.8 Å². The van der Waals surface area contributed by atoms with Crippen molar-refractivity contribution in [2.75, 3.05) is 24.7 Å². The number of hydrogen-bond acceptors (Lipinski definition) is 13. The zero-order chi connectivity index (χ0) is 46.0. The lowest BCUT2D eigenvalue weighted by molar-refractivity contribution is -0.145. The molecule has 0 radical (unpaired) electrons. The number of pyridine rings is 1. The summed E-state index contributed by atoms with van der Waals surface area (Å²) in [6.07, 6.45) is 8.35. The molecular formula is C46H62N6O10S2. The summed E-state index contributed by atoms with van der Waals surface area (Å²) in [5.74, 6) is -2.07. The number of anilines is 1. The van der Waals surface area contributed by atoms with Gasteiger partial charge < -0.3 is 40.2 Å². The Labute approximate surface area is 379 Å². The highest BCUT2D eigenvalue weighted by Gasteiger charge is 2.61. The molecule has 64 heavy (non-hydrogen) atoms. The Morgan fingerprint density at radius 3 is 2.50 bits per heavy atom. The maximum atomic E-state index is 14.9. The van der Waals surface area contributed by atoms with Crippen LogP contribution in [-0.4, -0.2) is 112 Å². The molecule has 4 heterocycles. The predicted molar refractivity (Wildman–Crippen MR) is 244 cm³/mol. The van der Waals surface area contributed by atoms with Crippen molar-refractivity contribution in [2.45, 2.75) is 152 Å². The largest absolute Gasteiger partial charge is 0.497 e. The number of allylic oxidation sites excluding steroid dienone is 1. The first kappa shape index (κ1) is 47.0. The normalized spacial score (nSPS) is 25.8. The van der Waals surface area contributed by atoms with Gasteiger partial charge in [-0.15, -0.1) is 11.3 Å². The number of alkyl carbamates (subject to hydrolysis) is 1. The zero-order valence-corrected chi connectivity index (χ0v) is 39.2. The number of nitrogens with one attached hydrogen (secondary N) is 3. The molecule has 0 bridgehead atoms. The van der Waals surface area contributed by atoms with Gasteiger partial charge in [-0.25, -0.2) is 28.0 Å². The number of methoxy groups -OCH3 is 1. The maximum Gasteiger partial charge on any atom is 0.408 e. The molecule has 2 unspecified atom stereocenters. The van der Waals surface area contributed by atoms with Crippen molar-refractivity contribution in [3.8, 4) is 22.9 Å². The van der Waals surface area contributed by atoms with Gasteiger partial charge in [0.2, 0.25) is 11.8 Å². The Hall–Kier alpha value is -4.97. The average molecular weight is 923 g/mol. The van der Waals surface area contributed by atoms with E-state index in [9.17, 15) is 32.7 Å². The first-order chi connectivity index (χ1) is 30.3. The van der Waals surface area contributed by atoms with Crippen LogP contribution in [0, 0.1) is 5.92 Å². The number of sulfone groups is 1. The van der Waals surface area contributed by atoms with Crippen LogP contribution >= 0.6 is 11.3 Å². The van der Waals surface area contributed by atoms with Gasteiger partial charge >= 0.3 is 12.1 Å². The smallest absolute Gasteiger partial charge is 0.408 e. The number of carbonyl (C=O) groups excluding carboxylic acids is 3. The average Bonchev–Trinajstić information content (AvgIpc) is 3.49. The van der Waals surface area contributed by atoms with Crippen LogP contribution in [0.2, 0.25) is 0 Å². The van der Waals surface area contributed by atoms with Gasteiger partial charge in [-0.05, 0) is 98.1 Å². The number of nitrogens with zero attached hydrogens (tertiary/aromatic N) is 3. The molecule has 348 valence electrons. The summed E-state index contributed by atoms with van der Waals surface area (Å²) in [6.45, 7) is 8.87. The van der Waals surface area contributed by atoms with Crippen LogP contribution in [-0.2, 0) is 29.0 Å². The van der Waals surface area contributed by atoms with Gasteiger partial charge in [-0.3, -0.25) is 9.59 Å². The van der Waals surface area contributed by atoms with Gasteiger partial charge in [0.05, 0.1) is 35.4 Å². The van der Waals surface area contributed by atoms with Crippen molar-refractivity contribution >= 4 is 61.1 Å². The van der Waals surface area contributed by atoms with E-state index in [0.717, 1.165) is 24.4 Å². The topological polar surface area (TPSA) is 215 Å². The van der Waals surface area contributed by atoms with E-state index < -0.39 is 73.7 Å². The number of benzene rings is 1. The molecule has 1 aromatic carbocycles. The van der Waals surface area contributed by atoms with Gasteiger partial charge in [-0.2, -0.15) is 0 Å². The number of hydrogen-bond donors (Lipinski definition) is 4. The molecule has 16 nitrogen and oxygen atoms in total. The number of ether oxygens (including phenoxy) is 3. The first-order valence-electron chi connectivity index (χ1n) is 22.4. The third-order valence-electron chi connectivity index (χ3n) is 12.8. The Morgan fingerprint density at radius 1 is 1.05 bits per heavy atom. The summed E-state index contributed by atoms with van der Waals surface area (Å²) in [4.78, 5) is 67.1. The van der Waals surface area contributed by atoms with Crippen molar-refractivity contribution in [1.29, 1.82) is 0 Å². The number of carbonyl (C=O) groups is 4. The summed E-state index contributed by atoms with van der Waals surface area (Å²) < 4.78 is 44.3. The second-order valence-electron chi connectivity index (χ2n) is 19.1. The van der Waals surface area contributed by atoms with Crippen LogP contribution in [0.1, 0.15) is 112 Å². The number of carboxylic acids is 1. The minimum atomic E-state index is -3.69. The molecular weight excluding hydrogens is 861 g/mol. The molecule has 1 saturated heterocycles. The second-order valence-corrected chi connectivity index (χ2v) is 22.7. The number of rotatable bonds is 11. The third-order valence-corrected chi connectivity index (χ3v) is 16.4. The minimum Gasteiger partial charge on any atom is -0.497 e. The molecule has 3 fully saturated rings. The van der Waals surface area contributed by atoms with E-state index in [2.05, 4.69) is 16.0 Å². The van der Waals surface area contributed by atoms with Crippen molar-refractivity contribution in [2.24, 2.45) is 5.92 Å². The first-order valence-corrected chi connectivity index (χ1v) is 25.0. The molecule has 2 aromatic heterocycles. The van der Waals surface area contributed by atoms with Crippen molar-refractivity contribution in [3.63, 3.8) is 0 Å². The van der Waals surface area contributed by atoms with Crippen LogP contribution in [0.4, 0.5) is 9.93 Å². The number of thiazole rings is 1. The highest BCUT2D eigenvalue weighted by atomic mass is 32.2. The van der Waals surface area contributed by atoms with E-state index in [0.29, 0.717) is 72.3 Å². The molecule has 2 saturated carbocycles. The van der Waals surface area contributed by atoms with Gasteiger partial charge in [0, 0.05) is 41.3 Å². The molecule has 2 aliphatic heterocycles. The summed E-state index contributed by atoms with van der Waals surface area (Å²) >= 11 is 1.45. The van der Waals surface area contributed by atoms with E-state index in [1.165, 1.54) is 16.2 Å². The lowest BCUT2D eigenvalue weighted by Crippen LogP contribution is -2.57. The van der Waals surface area contributed by atoms with Crippen molar-refractivity contribution in [1.82, 2.24) is 25.5 Å². The van der Waals surface area contributed by atoms with E-state index >= 15 is 0 Å². The summed E-state index contributed by atoms with van der Waals surface area (Å²) in [7, 11) is -2.12. The number of amides is 3. The predicted octanol–water partition coefficient (Wildman–Crippen LogP) is 7.03. The van der Waals surface area contributed by atoms with E-state index in [-0.39, 0.29) is 37.6 Å². The standard InChI is InChI=1S/C46H62N6O10S2/c1-28(2)47-42-49-36(26-63-42)35-23-38(32-18-17-30(60-6)21-34(32)48-35)61-31-22-37-39(53)51-46(41(55)56)24-29(46)15-11-8-7-9-12-16-33(40(54)52(37)25-31)50-43(57)62-45(19-13-10-14-20-45)27-64(58,59)44(3,4)5/h11,15,17-18,21,23,26,28-29,31,33,37H,7-10,12-14,16,19-20,22,24-25,27H2,1-6H3,(H,47,49)(H,50,57)(H,51,53)(H,55,56)/b15-11-/t29?,31-,33+,37?,46-/m1/s1. The lowest BCUT2D eigenvalue weighted by Gasteiger charge is -2.38. The van der Waals surface area contributed by atoms with Gasteiger partial charge in [0.1, 0.15) is 46.5 Å².